The number of ether oxygens (including phenoxy) is 1. The van der Waals surface area contributed by atoms with Crippen molar-refractivity contribution in [3.05, 3.63) is 17.5 Å². The molecule has 8 heteroatoms. The molecular formula is C9H8F3N3O2. The van der Waals surface area contributed by atoms with Gasteiger partial charge in [-0.3, -0.25) is 4.98 Å². The zero-order chi connectivity index (χ0) is 13.1. The summed E-state index contributed by atoms with van der Waals surface area (Å²) in [6, 6.07) is 1.66. The van der Waals surface area contributed by atoms with Gasteiger partial charge in [-0.1, -0.05) is 0 Å². The smallest absolute Gasteiger partial charge is 0.503 e. The van der Waals surface area contributed by atoms with E-state index < -0.39 is 17.9 Å². The normalized spacial score (nSPS) is 11.0. The fraction of sp³-hybridized carbons (Fsp3) is 0.333. The van der Waals surface area contributed by atoms with Gasteiger partial charge in [-0.15, -0.1) is 13.2 Å². The number of halogens is 3. The first-order chi connectivity index (χ1) is 7.89. The van der Waals surface area contributed by atoms with Crippen molar-refractivity contribution in [3.63, 3.8) is 0 Å². The van der Waals surface area contributed by atoms with Crippen molar-refractivity contribution in [1.29, 1.82) is 5.26 Å². The lowest BCUT2D eigenvalue weighted by Gasteiger charge is -2.15. The molecule has 92 valence electrons. The fourth-order valence-corrected chi connectivity index (χ4v) is 1.23. The van der Waals surface area contributed by atoms with Gasteiger partial charge in [-0.05, 0) is 0 Å². The topological polar surface area (TPSA) is 92.2 Å². The van der Waals surface area contributed by atoms with Crippen LogP contribution in [-0.2, 0) is 13.0 Å². The first-order valence-corrected chi connectivity index (χ1v) is 4.41. The highest BCUT2D eigenvalue weighted by Crippen LogP contribution is 2.35. The van der Waals surface area contributed by atoms with E-state index in [9.17, 15) is 18.3 Å². The molecule has 0 bridgehead atoms. The molecule has 17 heavy (non-hydrogen) atoms. The van der Waals surface area contributed by atoms with Crippen LogP contribution in [0.2, 0.25) is 0 Å². The Hall–Kier alpha value is -2.01. The molecule has 1 aromatic rings. The second-order valence-electron chi connectivity index (χ2n) is 2.98. The van der Waals surface area contributed by atoms with E-state index >= 15 is 0 Å². The van der Waals surface area contributed by atoms with E-state index in [0.29, 0.717) is 0 Å². The Balaban J connectivity index is 3.29. The van der Waals surface area contributed by atoms with Gasteiger partial charge in [0.2, 0.25) is 0 Å². The number of nitrogens with two attached hydrogens (primary N) is 1. The Morgan fingerprint density at radius 1 is 1.53 bits per heavy atom. The summed E-state index contributed by atoms with van der Waals surface area (Å²) in [6.07, 6.45) is -4.56. The van der Waals surface area contributed by atoms with Gasteiger partial charge in [0, 0.05) is 12.1 Å². The monoisotopic (exact) mass is 247 g/mol. The molecule has 0 unspecified atom stereocenters. The Labute approximate surface area is 94.2 Å². The second-order valence-corrected chi connectivity index (χ2v) is 2.98. The van der Waals surface area contributed by atoms with Crippen LogP contribution >= 0.6 is 0 Å². The lowest BCUT2D eigenvalue weighted by molar-refractivity contribution is -0.275. The molecule has 0 aromatic carbocycles. The van der Waals surface area contributed by atoms with E-state index in [1.165, 1.54) is 0 Å². The van der Waals surface area contributed by atoms with Crippen molar-refractivity contribution in [2.24, 2.45) is 5.73 Å². The minimum Gasteiger partial charge on any atom is -0.503 e. The SMILES string of the molecule is N#CCc1c(CN)ncc(O)c1OC(F)(F)F. The molecule has 0 fully saturated rings. The van der Waals surface area contributed by atoms with Crippen molar-refractivity contribution in [2.75, 3.05) is 0 Å². The summed E-state index contributed by atoms with van der Waals surface area (Å²) in [7, 11) is 0. The quantitative estimate of drug-likeness (QED) is 0.837. The molecule has 0 spiro atoms. The van der Waals surface area contributed by atoms with E-state index in [-0.39, 0.29) is 24.2 Å². The molecule has 1 heterocycles. The van der Waals surface area contributed by atoms with E-state index in [4.69, 9.17) is 11.0 Å². The Morgan fingerprint density at radius 2 is 2.18 bits per heavy atom. The predicted octanol–water partition coefficient (Wildman–Crippen LogP) is 1.21. The standard InChI is InChI=1S/C9H8F3N3O2/c10-9(11,12)17-8-5(1-2-13)6(3-14)15-4-7(8)16/h4,16H,1,3,14H2. The van der Waals surface area contributed by atoms with Gasteiger partial charge < -0.3 is 15.6 Å². The maximum Gasteiger partial charge on any atom is 0.573 e. The second kappa shape index (κ2) is 4.88. The Bertz CT molecular complexity index is 454. The van der Waals surface area contributed by atoms with Gasteiger partial charge in [-0.25, -0.2) is 0 Å². The van der Waals surface area contributed by atoms with Crippen LogP contribution in [0.25, 0.3) is 0 Å². The lowest BCUT2D eigenvalue weighted by Crippen LogP contribution is -2.19. The zero-order valence-electron chi connectivity index (χ0n) is 8.45. The third kappa shape index (κ3) is 3.22. The number of hydrogen-bond donors (Lipinski definition) is 2. The number of aromatic hydroxyl groups is 1. The molecule has 0 aliphatic carbocycles. The number of alkyl halides is 3. The summed E-state index contributed by atoms with van der Waals surface area (Å²) in [5.41, 5.74) is 5.19. The summed E-state index contributed by atoms with van der Waals surface area (Å²) in [4.78, 5) is 3.63. The lowest BCUT2D eigenvalue weighted by atomic mass is 10.1. The molecule has 0 atom stereocenters. The molecule has 0 aliphatic rings. The van der Waals surface area contributed by atoms with Crippen molar-refractivity contribution in [3.8, 4) is 17.6 Å². The predicted molar refractivity (Wildman–Crippen MR) is 49.8 cm³/mol. The molecular weight excluding hydrogens is 239 g/mol. The molecule has 3 N–H and O–H groups in total. The van der Waals surface area contributed by atoms with Crippen LogP contribution in [0.3, 0.4) is 0 Å². The number of nitriles is 1. The number of rotatable bonds is 3. The first-order valence-electron chi connectivity index (χ1n) is 4.41. The largest absolute Gasteiger partial charge is 0.573 e. The van der Waals surface area contributed by atoms with Crippen LogP contribution in [-0.4, -0.2) is 16.5 Å². The zero-order valence-corrected chi connectivity index (χ0v) is 8.45. The summed E-state index contributed by atoms with van der Waals surface area (Å²) in [5, 5.41) is 17.8. The fourth-order valence-electron chi connectivity index (χ4n) is 1.23. The van der Waals surface area contributed by atoms with Gasteiger partial charge in [0.1, 0.15) is 0 Å². The highest BCUT2D eigenvalue weighted by atomic mass is 19.4. The molecule has 0 amide bonds. The molecule has 0 radical (unpaired) electrons. The van der Waals surface area contributed by atoms with Crippen molar-refractivity contribution in [2.45, 2.75) is 19.3 Å². The Kier molecular flexibility index (Phi) is 3.75. The summed E-state index contributed by atoms with van der Waals surface area (Å²) in [5.74, 6) is -1.61. The maximum absolute atomic E-state index is 12.1. The number of hydrogen-bond acceptors (Lipinski definition) is 5. The molecule has 1 aromatic heterocycles. The summed E-state index contributed by atoms with van der Waals surface area (Å²) in [6.45, 7) is -0.161. The third-order valence-corrected chi connectivity index (χ3v) is 1.86. The maximum atomic E-state index is 12.1. The minimum atomic E-state index is -4.96. The van der Waals surface area contributed by atoms with Crippen molar-refractivity contribution < 1.29 is 23.0 Å². The van der Waals surface area contributed by atoms with Crippen molar-refractivity contribution >= 4 is 0 Å². The third-order valence-electron chi connectivity index (χ3n) is 1.86. The number of pyridine rings is 1. The van der Waals surface area contributed by atoms with Crippen molar-refractivity contribution in [1.82, 2.24) is 4.98 Å². The molecule has 5 nitrogen and oxygen atoms in total. The van der Waals surface area contributed by atoms with Crippen LogP contribution in [0.15, 0.2) is 6.20 Å². The first kappa shape index (κ1) is 13.1. The van der Waals surface area contributed by atoms with E-state index in [1.54, 1.807) is 6.07 Å². The summed E-state index contributed by atoms with van der Waals surface area (Å²) < 4.78 is 40.0. The van der Waals surface area contributed by atoms with Gasteiger partial charge in [0.05, 0.1) is 24.4 Å². The van der Waals surface area contributed by atoms with Crippen LogP contribution in [0.1, 0.15) is 11.3 Å². The van der Waals surface area contributed by atoms with Crippen LogP contribution in [0.5, 0.6) is 11.5 Å². The van der Waals surface area contributed by atoms with Crippen LogP contribution in [0, 0.1) is 11.3 Å². The van der Waals surface area contributed by atoms with Crippen LogP contribution in [0.4, 0.5) is 13.2 Å². The number of nitrogens with zero attached hydrogens (tertiary/aromatic N) is 2. The average Bonchev–Trinajstić information content (AvgIpc) is 2.22. The van der Waals surface area contributed by atoms with Gasteiger partial charge in [0.15, 0.2) is 11.5 Å². The minimum absolute atomic E-state index is 0.0728. The molecule has 0 aliphatic heterocycles. The van der Waals surface area contributed by atoms with E-state index in [0.717, 1.165) is 6.20 Å². The van der Waals surface area contributed by atoms with Crippen LogP contribution < -0.4 is 10.5 Å². The molecule has 0 saturated heterocycles. The highest BCUT2D eigenvalue weighted by Gasteiger charge is 2.34. The van der Waals surface area contributed by atoms with Gasteiger partial charge >= 0.3 is 6.36 Å². The van der Waals surface area contributed by atoms with E-state index in [2.05, 4.69) is 9.72 Å². The van der Waals surface area contributed by atoms with E-state index in [1.807, 2.05) is 0 Å². The Morgan fingerprint density at radius 3 is 2.65 bits per heavy atom. The molecule has 1 rings (SSSR count). The summed E-state index contributed by atoms with van der Waals surface area (Å²) >= 11 is 0. The average molecular weight is 247 g/mol. The van der Waals surface area contributed by atoms with Gasteiger partial charge in [-0.2, -0.15) is 5.26 Å². The highest BCUT2D eigenvalue weighted by molar-refractivity contribution is 5.47. The van der Waals surface area contributed by atoms with Gasteiger partial charge in [0.25, 0.3) is 0 Å². The molecule has 0 saturated carbocycles. The number of aromatic nitrogens is 1.